The van der Waals surface area contributed by atoms with Gasteiger partial charge in [-0.3, -0.25) is 0 Å². The predicted molar refractivity (Wildman–Crippen MR) is 85.6 cm³/mol. The predicted octanol–water partition coefficient (Wildman–Crippen LogP) is 2.49. The number of rotatable bonds is 1. The van der Waals surface area contributed by atoms with Gasteiger partial charge in [0.15, 0.2) is 0 Å². The lowest BCUT2D eigenvalue weighted by atomic mass is 10.0. The van der Waals surface area contributed by atoms with Gasteiger partial charge in [-0.2, -0.15) is 0 Å². The van der Waals surface area contributed by atoms with Gasteiger partial charge < -0.3 is 10.1 Å². The molecular formula is C18H15N3O. The number of nitrogens with zero attached hydrogens (tertiary/aromatic N) is 2. The zero-order valence-electron chi connectivity index (χ0n) is 12.4. The fourth-order valence-corrected chi connectivity index (χ4v) is 2.90. The van der Waals surface area contributed by atoms with Crippen molar-refractivity contribution in [3.63, 3.8) is 0 Å². The second-order valence-corrected chi connectivity index (χ2v) is 5.54. The Balaban J connectivity index is 2.05. The van der Waals surface area contributed by atoms with Gasteiger partial charge in [-0.25, -0.2) is 9.98 Å². The largest absolute Gasteiger partial charge is 0.507 e. The van der Waals surface area contributed by atoms with Gasteiger partial charge in [-0.05, 0) is 37.6 Å². The zero-order chi connectivity index (χ0) is 15.3. The number of aromatic nitrogens is 2. The molecule has 22 heavy (non-hydrogen) atoms. The summed E-state index contributed by atoms with van der Waals surface area (Å²) in [4.78, 5) is 12.0. The van der Waals surface area contributed by atoms with E-state index in [2.05, 4.69) is 15.0 Å². The van der Waals surface area contributed by atoms with E-state index in [-0.39, 0.29) is 5.75 Å². The number of para-hydroxylation sites is 1. The smallest absolute Gasteiger partial charge is 0.132 e. The minimum Gasteiger partial charge on any atom is -0.507 e. The van der Waals surface area contributed by atoms with E-state index in [1.165, 1.54) is 0 Å². The van der Waals surface area contributed by atoms with E-state index < -0.39 is 0 Å². The Labute approximate surface area is 127 Å². The summed E-state index contributed by atoms with van der Waals surface area (Å²) in [5.74, 6) is 0.261. The Hall–Kier alpha value is -2.88. The number of hydrogen-bond acceptors (Lipinski definition) is 3. The van der Waals surface area contributed by atoms with Crippen molar-refractivity contribution < 1.29 is 5.11 Å². The summed E-state index contributed by atoms with van der Waals surface area (Å²) < 4.78 is 0. The average Bonchev–Trinajstić information content (AvgIpc) is 3.09. The number of phenolic OH excluding ortho intramolecular Hbond substituents is 1. The van der Waals surface area contributed by atoms with Crippen molar-refractivity contribution >= 4 is 11.8 Å². The summed E-state index contributed by atoms with van der Waals surface area (Å²) in [6, 6.07) is 9.84. The molecule has 1 aliphatic heterocycles. The third-order valence-corrected chi connectivity index (χ3v) is 4.06. The molecule has 0 aliphatic carbocycles. The molecule has 4 nitrogen and oxygen atoms in total. The average molecular weight is 289 g/mol. The summed E-state index contributed by atoms with van der Waals surface area (Å²) >= 11 is 0. The van der Waals surface area contributed by atoms with Crippen LogP contribution in [0.4, 0.5) is 5.69 Å². The van der Waals surface area contributed by atoms with Gasteiger partial charge in [0, 0.05) is 16.5 Å². The maximum Gasteiger partial charge on any atom is 0.132 e. The number of aryl methyl sites for hydroxylation is 2. The lowest BCUT2D eigenvalue weighted by molar-refractivity contribution is 0.472. The number of imidazole rings is 1. The van der Waals surface area contributed by atoms with E-state index in [1.54, 1.807) is 6.33 Å². The highest BCUT2D eigenvalue weighted by atomic mass is 16.3. The molecule has 3 aromatic rings. The summed E-state index contributed by atoms with van der Waals surface area (Å²) in [6.45, 7) is 3.98. The number of phenols is 1. The Morgan fingerprint density at radius 2 is 2.00 bits per heavy atom. The molecule has 0 radical (unpaired) electrons. The summed E-state index contributed by atoms with van der Waals surface area (Å²) in [5.41, 5.74) is 5.55. The lowest BCUT2D eigenvalue weighted by Crippen LogP contribution is -2.15. The van der Waals surface area contributed by atoms with Crippen LogP contribution in [0.2, 0.25) is 0 Å². The third kappa shape index (κ3) is 1.77. The number of nitrogens with one attached hydrogen (secondary N) is 1. The molecule has 1 aliphatic rings. The first-order chi connectivity index (χ1) is 10.6. The monoisotopic (exact) mass is 289 g/mol. The molecule has 0 atom stereocenters. The van der Waals surface area contributed by atoms with Crippen molar-refractivity contribution in [3.8, 4) is 16.9 Å². The second-order valence-electron chi connectivity index (χ2n) is 5.54. The van der Waals surface area contributed by atoms with Crippen LogP contribution in [0.15, 0.2) is 41.7 Å². The second kappa shape index (κ2) is 4.56. The van der Waals surface area contributed by atoms with Crippen molar-refractivity contribution in [2.24, 2.45) is 4.99 Å². The van der Waals surface area contributed by atoms with Gasteiger partial charge in [-0.15, -0.1) is 0 Å². The lowest BCUT2D eigenvalue weighted by Gasteiger charge is -2.05. The van der Waals surface area contributed by atoms with E-state index in [0.29, 0.717) is 0 Å². The van der Waals surface area contributed by atoms with Gasteiger partial charge >= 0.3 is 0 Å². The highest BCUT2D eigenvalue weighted by Crippen LogP contribution is 2.36. The molecule has 108 valence electrons. The minimum absolute atomic E-state index is 0.261. The number of hydrogen-bond donors (Lipinski definition) is 2. The Bertz CT molecular complexity index is 1020. The van der Waals surface area contributed by atoms with E-state index in [0.717, 1.165) is 44.3 Å². The highest BCUT2D eigenvalue weighted by molar-refractivity contribution is 5.84. The maximum atomic E-state index is 10.7. The van der Waals surface area contributed by atoms with E-state index >= 15 is 0 Å². The van der Waals surface area contributed by atoms with Gasteiger partial charge in [0.2, 0.25) is 0 Å². The molecule has 0 fully saturated rings. The molecule has 0 bridgehead atoms. The van der Waals surface area contributed by atoms with Crippen LogP contribution >= 0.6 is 0 Å². The van der Waals surface area contributed by atoms with E-state index in [9.17, 15) is 5.11 Å². The Morgan fingerprint density at radius 1 is 1.18 bits per heavy atom. The number of benzene rings is 2. The van der Waals surface area contributed by atoms with Crippen LogP contribution in [0.25, 0.3) is 17.2 Å². The molecule has 2 aromatic carbocycles. The molecule has 0 amide bonds. The van der Waals surface area contributed by atoms with Crippen molar-refractivity contribution in [2.75, 3.05) is 0 Å². The van der Waals surface area contributed by atoms with Crippen LogP contribution in [0.5, 0.6) is 5.75 Å². The molecule has 0 saturated carbocycles. The minimum atomic E-state index is 0.261. The topological polar surface area (TPSA) is 61.3 Å². The number of aromatic amines is 1. The molecule has 0 spiro atoms. The number of fused-ring (bicyclic) bond motifs is 3. The quantitative estimate of drug-likeness (QED) is 0.565. The highest BCUT2D eigenvalue weighted by Gasteiger charge is 2.19. The summed E-state index contributed by atoms with van der Waals surface area (Å²) in [5, 5.41) is 12.4. The van der Waals surface area contributed by atoms with Crippen molar-refractivity contribution in [1.29, 1.82) is 0 Å². The van der Waals surface area contributed by atoms with Gasteiger partial charge in [0.25, 0.3) is 0 Å². The fraction of sp³-hybridized carbons (Fsp3) is 0.111. The van der Waals surface area contributed by atoms with Gasteiger partial charge in [0.05, 0.1) is 28.6 Å². The van der Waals surface area contributed by atoms with Gasteiger partial charge in [-0.1, -0.05) is 18.2 Å². The van der Waals surface area contributed by atoms with E-state index in [4.69, 9.17) is 0 Å². The molecule has 0 unspecified atom stereocenters. The van der Waals surface area contributed by atoms with Crippen LogP contribution in [-0.4, -0.2) is 15.1 Å². The summed E-state index contributed by atoms with van der Waals surface area (Å²) in [6.07, 6.45) is 3.55. The van der Waals surface area contributed by atoms with Gasteiger partial charge in [0.1, 0.15) is 5.75 Å². The molecule has 4 rings (SSSR count). The molecule has 2 N–H and O–H groups in total. The standard InChI is InChI=1S/C18H15N3O/c1-10-7-12(8-15-11(2)19-9-20-15)18(22)16-13-5-3-4-6-14(13)21-17(10)16/h3-9,22H,1-2H3,(H,19,20). The van der Waals surface area contributed by atoms with Crippen molar-refractivity contribution in [1.82, 2.24) is 9.97 Å². The normalized spacial score (nSPS) is 12.9. The van der Waals surface area contributed by atoms with E-state index in [1.807, 2.05) is 50.3 Å². The molecule has 4 heteroatoms. The van der Waals surface area contributed by atoms with Crippen LogP contribution in [0.1, 0.15) is 17.0 Å². The fourth-order valence-electron chi connectivity index (χ4n) is 2.90. The Kier molecular flexibility index (Phi) is 2.66. The molecule has 0 saturated heterocycles. The van der Waals surface area contributed by atoms with Crippen molar-refractivity contribution in [3.05, 3.63) is 64.2 Å². The summed E-state index contributed by atoms with van der Waals surface area (Å²) in [7, 11) is 0. The maximum absolute atomic E-state index is 10.7. The first kappa shape index (κ1) is 12.8. The van der Waals surface area contributed by atoms with Crippen molar-refractivity contribution in [2.45, 2.75) is 13.8 Å². The van der Waals surface area contributed by atoms with Crippen LogP contribution < -0.4 is 10.6 Å². The SMILES string of the molecule is Cc1[nH]cnc1C=c1cc(C)c2c(c1O)-c1ccccc1N=2. The first-order valence-corrected chi connectivity index (χ1v) is 7.17. The number of aromatic hydroxyl groups is 1. The third-order valence-electron chi connectivity index (χ3n) is 4.06. The van der Waals surface area contributed by atoms with Crippen LogP contribution in [0, 0.1) is 13.8 Å². The zero-order valence-corrected chi connectivity index (χ0v) is 12.4. The Morgan fingerprint density at radius 3 is 2.77 bits per heavy atom. The molecule has 1 aromatic heterocycles. The first-order valence-electron chi connectivity index (χ1n) is 7.17. The van der Waals surface area contributed by atoms with Crippen LogP contribution in [0.3, 0.4) is 0 Å². The molecule has 2 heterocycles. The number of H-pyrrole nitrogens is 1. The van der Waals surface area contributed by atoms with Crippen LogP contribution in [-0.2, 0) is 0 Å². The molecular weight excluding hydrogens is 274 g/mol.